The van der Waals surface area contributed by atoms with E-state index in [2.05, 4.69) is 26.4 Å². The van der Waals surface area contributed by atoms with Gasteiger partial charge in [0.2, 0.25) is 0 Å². The highest BCUT2D eigenvalue weighted by molar-refractivity contribution is 8.33. The summed E-state index contributed by atoms with van der Waals surface area (Å²) in [5, 5.41) is 9.29. The van der Waals surface area contributed by atoms with E-state index in [0.29, 0.717) is 6.61 Å². The van der Waals surface area contributed by atoms with Crippen molar-refractivity contribution in [3.8, 4) is 0 Å². The minimum Gasteiger partial charge on any atom is -0.394 e. The van der Waals surface area contributed by atoms with Crippen LogP contribution in [0.15, 0.2) is 0 Å². The summed E-state index contributed by atoms with van der Waals surface area (Å²) in [7, 11) is -0.428. The first-order valence-corrected chi connectivity index (χ1v) is 7.57. The summed E-state index contributed by atoms with van der Waals surface area (Å²) in [5.41, 5.74) is 0. The van der Waals surface area contributed by atoms with E-state index in [9.17, 15) is 0 Å². The van der Waals surface area contributed by atoms with Crippen molar-refractivity contribution in [2.45, 2.75) is 25.5 Å². The summed E-state index contributed by atoms with van der Waals surface area (Å²) in [5.74, 6) is 1.27. The van der Waals surface area contributed by atoms with Gasteiger partial charge in [0.1, 0.15) is 0 Å². The first-order chi connectivity index (χ1) is 6.00. The van der Waals surface area contributed by atoms with E-state index in [1.165, 1.54) is 5.75 Å². The second-order valence-electron chi connectivity index (χ2n) is 4.07. The van der Waals surface area contributed by atoms with Crippen molar-refractivity contribution in [1.29, 1.82) is 0 Å². The molecule has 0 aromatic heterocycles. The van der Waals surface area contributed by atoms with Crippen molar-refractivity contribution < 1.29 is 9.84 Å². The zero-order valence-corrected chi connectivity index (χ0v) is 10.2. The third-order valence-electron chi connectivity index (χ3n) is 2.47. The second-order valence-corrected chi connectivity index (χ2v) is 8.66. The molecule has 0 fully saturated rings. The summed E-state index contributed by atoms with van der Waals surface area (Å²) in [6.07, 6.45) is 5.88. The molecule has 0 aromatic carbocycles. The van der Waals surface area contributed by atoms with Crippen molar-refractivity contribution in [2.24, 2.45) is 0 Å². The fourth-order valence-electron chi connectivity index (χ4n) is 0.935. The zero-order valence-electron chi connectivity index (χ0n) is 9.38. The molecule has 0 atom stereocenters. The minimum absolute atomic E-state index is 0.139. The van der Waals surface area contributed by atoms with Crippen molar-refractivity contribution in [2.75, 3.05) is 38.1 Å². The Morgan fingerprint density at radius 1 is 1.23 bits per heavy atom. The molecule has 3 heteroatoms. The maximum absolute atomic E-state index is 8.49. The lowest BCUT2D eigenvalue weighted by atomic mass is 10.5. The lowest BCUT2D eigenvalue weighted by molar-refractivity contribution is 0.0932. The summed E-state index contributed by atoms with van der Waals surface area (Å²) in [6.45, 7) is 6.01. The highest BCUT2D eigenvalue weighted by Crippen LogP contribution is 2.45. The van der Waals surface area contributed by atoms with Crippen molar-refractivity contribution >= 4 is 10.0 Å². The Balaban J connectivity index is 3.41. The first-order valence-electron chi connectivity index (χ1n) is 4.89. The van der Waals surface area contributed by atoms with E-state index in [-0.39, 0.29) is 6.61 Å². The number of ether oxygens (including phenoxy) is 1. The normalized spacial score (nSPS) is 13.7. The summed E-state index contributed by atoms with van der Waals surface area (Å²) >= 11 is 0. The van der Waals surface area contributed by atoms with Gasteiger partial charge < -0.3 is 9.84 Å². The van der Waals surface area contributed by atoms with Gasteiger partial charge >= 0.3 is 0 Å². The van der Waals surface area contributed by atoms with Crippen LogP contribution in [0.4, 0.5) is 0 Å². The van der Waals surface area contributed by atoms with E-state index >= 15 is 0 Å². The van der Waals surface area contributed by atoms with E-state index in [1.54, 1.807) is 0 Å². The van der Waals surface area contributed by atoms with Crippen molar-refractivity contribution in [3.63, 3.8) is 0 Å². The van der Waals surface area contributed by atoms with Gasteiger partial charge in [-0.3, -0.25) is 0 Å². The molecule has 0 aliphatic rings. The lowest BCUT2D eigenvalue weighted by Gasteiger charge is -2.35. The molecule has 0 saturated carbocycles. The molecule has 0 bridgehead atoms. The molecule has 0 amide bonds. The Bertz CT molecular complexity index is 124. The fourth-order valence-corrected chi connectivity index (χ4v) is 2.27. The van der Waals surface area contributed by atoms with Gasteiger partial charge in [0.15, 0.2) is 0 Å². The maximum atomic E-state index is 8.49. The third kappa shape index (κ3) is 6.36. The average molecular weight is 208 g/mol. The van der Waals surface area contributed by atoms with Crippen LogP contribution >= 0.6 is 10.0 Å². The number of hydrogen-bond acceptors (Lipinski definition) is 2. The molecule has 0 heterocycles. The van der Waals surface area contributed by atoms with Crippen molar-refractivity contribution in [3.05, 3.63) is 0 Å². The predicted octanol–water partition coefficient (Wildman–Crippen LogP) is 1.86. The zero-order chi connectivity index (χ0) is 10.3. The van der Waals surface area contributed by atoms with Crippen LogP contribution in [0.5, 0.6) is 0 Å². The number of rotatable bonds is 7. The predicted molar refractivity (Wildman–Crippen MR) is 62.0 cm³/mol. The van der Waals surface area contributed by atoms with E-state index in [4.69, 9.17) is 9.84 Å². The molecule has 0 saturated heterocycles. The van der Waals surface area contributed by atoms with Crippen LogP contribution in [0.2, 0.25) is 0 Å². The van der Waals surface area contributed by atoms with Crippen LogP contribution in [0.1, 0.15) is 20.3 Å². The van der Waals surface area contributed by atoms with E-state index in [1.807, 2.05) is 0 Å². The van der Waals surface area contributed by atoms with Gasteiger partial charge in [-0.1, -0.05) is 13.8 Å². The van der Waals surface area contributed by atoms with Gasteiger partial charge in [-0.05, 0) is 29.9 Å². The molecule has 82 valence electrons. The molecule has 0 rings (SSSR count). The Labute approximate surface area is 84.0 Å². The SMILES string of the molecule is CC(C)S(C)(C)CCCOCCO. The molecule has 2 nitrogen and oxygen atoms in total. The quantitative estimate of drug-likeness (QED) is 0.647. The standard InChI is InChI=1S/C10H24O2S/c1-10(2)13(3,4)9-5-7-12-8-6-11/h10-11H,5-9H2,1-4H3. The second kappa shape index (κ2) is 6.68. The lowest BCUT2D eigenvalue weighted by Crippen LogP contribution is -2.14. The molecule has 13 heavy (non-hydrogen) atoms. The average Bonchev–Trinajstić information content (AvgIpc) is 2.03. The highest BCUT2D eigenvalue weighted by atomic mass is 32.3. The van der Waals surface area contributed by atoms with E-state index < -0.39 is 10.0 Å². The van der Waals surface area contributed by atoms with Crippen LogP contribution in [0.3, 0.4) is 0 Å². The Kier molecular flexibility index (Phi) is 6.82. The fraction of sp³-hybridized carbons (Fsp3) is 1.00. The Hall–Kier alpha value is 0.270. The topological polar surface area (TPSA) is 29.5 Å². The molecule has 0 aromatic rings. The Morgan fingerprint density at radius 3 is 2.31 bits per heavy atom. The molecule has 0 aliphatic carbocycles. The van der Waals surface area contributed by atoms with Crippen LogP contribution in [-0.2, 0) is 4.74 Å². The maximum Gasteiger partial charge on any atom is 0.0697 e. The van der Waals surface area contributed by atoms with Gasteiger partial charge in [-0.2, -0.15) is 0 Å². The van der Waals surface area contributed by atoms with Crippen LogP contribution in [0.25, 0.3) is 0 Å². The van der Waals surface area contributed by atoms with Gasteiger partial charge in [-0.15, -0.1) is 0 Å². The van der Waals surface area contributed by atoms with E-state index in [0.717, 1.165) is 18.3 Å². The van der Waals surface area contributed by atoms with Crippen LogP contribution < -0.4 is 0 Å². The molecule has 0 aliphatic heterocycles. The minimum atomic E-state index is -0.428. The Morgan fingerprint density at radius 2 is 1.85 bits per heavy atom. The number of aliphatic hydroxyl groups excluding tert-OH is 1. The smallest absolute Gasteiger partial charge is 0.0697 e. The van der Waals surface area contributed by atoms with Gasteiger partial charge in [0.05, 0.1) is 13.2 Å². The molecule has 0 radical (unpaired) electrons. The highest BCUT2D eigenvalue weighted by Gasteiger charge is 2.15. The summed E-state index contributed by atoms with van der Waals surface area (Å²) < 4.78 is 5.22. The summed E-state index contributed by atoms with van der Waals surface area (Å²) in [6, 6.07) is 0. The van der Waals surface area contributed by atoms with Crippen LogP contribution in [0, 0.1) is 0 Å². The van der Waals surface area contributed by atoms with Gasteiger partial charge in [0.25, 0.3) is 0 Å². The monoisotopic (exact) mass is 208 g/mol. The molecule has 1 N–H and O–H groups in total. The largest absolute Gasteiger partial charge is 0.394 e. The van der Waals surface area contributed by atoms with Gasteiger partial charge in [-0.25, -0.2) is 10.0 Å². The number of hydrogen-bond donors (Lipinski definition) is 1. The molecular formula is C10H24O2S. The molecular weight excluding hydrogens is 184 g/mol. The molecule has 0 unspecified atom stereocenters. The molecule has 0 spiro atoms. The first kappa shape index (κ1) is 13.3. The van der Waals surface area contributed by atoms with Gasteiger partial charge in [0, 0.05) is 6.61 Å². The number of aliphatic hydroxyl groups is 1. The van der Waals surface area contributed by atoms with Crippen molar-refractivity contribution in [1.82, 2.24) is 0 Å². The summed E-state index contributed by atoms with van der Waals surface area (Å²) in [4.78, 5) is 0. The van der Waals surface area contributed by atoms with Crippen LogP contribution in [-0.4, -0.2) is 48.4 Å². The third-order valence-corrected chi connectivity index (χ3v) is 6.36.